The molecule has 0 aromatic heterocycles. The molecule has 2 aromatic rings. The zero-order valence-electron chi connectivity index (χ0n) is 18.3. The first-order chi connectivity index (χ1) is 14.9. The zero-order chi connectivity index (χ0) is 22.5. The number of hydrogen-bond acceptors (Lipinski definition) is 0. The average molecular weight is 439 g/mol. The van der Waals surface area contributed by atoms with Crippen LogP contribution in [-0.2, 0) is 6.42 Å². The molecule has 170 valence electrons. The van der Waals surface area contributed by atoms with E-state index in [1.54, 1.807) is 0 Å². The van der Waals surface area contributed by atoms with Crippen LogP contribution < -0.4 is 0 Å². The van der Waals surface area contributed by atoms with Gasteiger partial charge in [-0.15, -0.1) is 0 Å². The number of benzene rings is 2. The summed E-state index contributed by atoms with van der Waals surface area (Å²) >= 11 is 0. The quantitative estimate of drug-likeness (QED) is 0.285. The molecule has 0 bridgehead atoms. The average Bonchev–Trinajstić information content (AvgIpc) is 2.77. The van der Waals surface area contributed by atoms with E-state index in [1.165, 1.54) is 12.1 Å². The Bertz CT molecular complexity index is 939. The first kappa shape index (κ1) is 23.7. The van der Waals surface area contributed by atoms with Gasteiger partial charge in [-0.2, -0.15) is 0 Å². The van der Waals surface area contributed by atoms with Crippen molar-refractivity contribution >= 4 is 16.6 Å². The van der Waals surface area contributed by atoms with Crippen molar-refractivity contribution in [2.75, 3.05) is 0 Å². The lowest BCUT2D eigenvalue weighted by Gasteiger charge is -2.27. The van der Waals surface area contributed by atoms with Crippen molar-refractivity contribution in [3.63, 3.8) is 0 Å². The first-order valence-corrected chi connectivity index (χ1v) is 11.5. The Hall–Kier alpha value is -1.91. The van der Waals surface area contributed by atoms with Crippen molar-refractivity contribution in [3.8, 4) is 0 Å². The summed E-state index contributed by atoms with van der Waals surface area (Å²) in [6.45, 7) is 4.12. The van der Waals surface area contributed by atoms with E-state index < -0.39 is 46.0 Å². The summed E-state index contributed by atoms with van der Waals surface area (Å²) in [4.78, 5) is 0. The normalized spacial score (nSPS) is 20.2. The smallest absolute Gasteiger partial charge is 0.170 e. The minimum Gasteiger partial charge on any atom is -0.208 e. The topological polar surface area (TPSA) is 0 Å². The fourth-order valence-corrected chi connectivity index (χ4v) is 4.76. The third-order valence-electron chi connectivity index (χ3n) is 6.60. The van der Waals surface area contributed by atoms with E-state index in [1.807, 2.05) is 6.92 Å². The highest BCUT2D eigenvalue weighted by Crippen LogP contribution is 2.40. The summed E-state index contributed by atoms with van der Waals surface area (Å²) in [6.07, 6.45) is 7.75. The summed E-state index contributed by atoms with van der Waals surface area (Å²) in [5.41, 5.74) is -0.464. The molecule has 0 aliphatic heterocycles. The number of unbranched alkanes of at least 4 members (excludes halogenated alkanes) is 2. The Balaban J connectivity index is 1.92. The Kier molecular flexibility index (Phi) is 8.12. The van der Waals surface area contributed by atoms with Gasteiger partial charge in [-0.3, -0.25) is 0 Å². The van der Waals surface area contributed by atoms with Crippen LogP contribution in [0.5, 0.6) is 0 Å². The summed E-state index contributed by atoms with van der Waals surface area (Å²) in [7, 11) is 0. The molecule has 3 rings (SSSR count). The maximum absolute atomic E-state index is 14.9. The van der Waals surface area contributed by atoms with Crippen LogP contribution in [-0.4, -0.2) is 0 Å². The second-order valence-electron chi connectivity index (χ2n) is 8.81. The molecule has 0 nitrogen and oxygen atoms in total. The van der Waals surface area contributed by atoms with Crippen LogP contribution in [0.3, 0.4) is 0 Å². The first-order valence-electron chi connectivity index (χ1n) is 11.5. The zero-order valence-corrected chi connectivity index (χ0v) is 18.3. The van der Waals surface area contributed by atoms with Gasteiger partial charge in [0.2, 0.25) is 0 Å². The lowest BCUT2D eigenvalue weighted by molar-refractivity contribution is 0.261. The fourth-order valence-electron chi connectivity index (χ4n) is 4.76. The Morgan fingerprint density at radius 2 is 1.58 bits per heavy atom. The molecule has 0 spiro atoms. The predicted molar refractivity (Wildman–Crippen MR) is 117 cm³/mol. The number of fused-ring (bicyclic) bond motifs is 1. The van der Waals surface area contributed by atoms with Crippen LogP contribution in [0, 0.1) is 29.3 Å². The van der Waals surface area contributed by atoms with Crippen molar-refractivity contribution in [3.05, 3.63) is 52.6 Å². The van der Waals surface area contributed by atoms with E-state index >= 15 is 0 Å². The van der Waals surface area contributed by atoms with Crippen LogP contribution in [0.25, 0.3) is 16.6 Å². The van der Waals surface area contributed by atoms with Crippen LogP contribution in [0.4, 0.5) is 22.0 Å². The van der Waals surface area contributed by atoms with Gasteiger partial charge in [0.25, 0.3) is 0 Å². The number of rotatable bonds is 8. The van der Waals surface area contributed by atoms with Crippen molar-refractivity contribution in [2.45, 2.75) is 78.1 Å². The highest BCUT2D eigenvalue weighted by molar-refractivity contribution is 5.88. The molecular weight excluding hydrogens is 407 g/mol. The molecule has 1 saturated carbocycles. The maximum atomic E-state index is 14.9. The molecule has 1 aliphatic carbocycles. The molecular formula is C26H31F5. The third-order valence-corrected chi connectivity index (χ3v) is 6.60. The molecule has 0 heterocycles. The summed E-state index contributed by atoms with van der Waals surface area (Å²) in [6, 6.07) is 3.98. The van der Waals surface area contributed by atoms with Gasteiger partial charge < -0.3 is 0 Å². The molecule has 0 atom stereocenters. The molecule has 1 aliphatic rings. The SMILES string of the molecule is CCCCCc1ccc2cc(C(F)=C(F)C3CCC(CCC)CC3)c(F)c(F)c2c1F. The summed E-state index contributed by atoms with van der Waals surface area (Å²) in [5, 5.41) is -0.469. The van der Waals surface area contributed by atoms with E-state index in [2.05, 4.69) is 6.92 Å². The minimum atomic E-state index is -1.54. The number of aryl methyl sites for hydroxylation is 1. The standard InChI is InChI=1S/C26H31F5/c1-3-5-6-8-17-13-14-19-15-20(25(30)26(31)21(19)22(17)27)24(29)23(28)18-11-9-16(7-4-2)10-12-18/h13-16,18H,3-12H2,1-2H3. The van der Waals surface area contributed by atoms with Crippen LogP contribution >= 0.6 is 0 Å². The molecule has 0 radical (unpaired) electrons. The highest BCUT2D eigenvalue weighted by Gasteiger charge is 2.29. The largest absolute Gasteiger partial charge is 0.208 e. The molecule has 1 fully saturated rings. The van der Waals surface area contributed by atoms with Gasteiger partial charge in [-0.25, -0.2) is 22.0 Å². The second kappa shape index (κ2) is 10.6. The molecule has 0 N–H and O–H groups in total. The van der Waals surface area contributed by atoms with E-state index in [0.717, 1.165) is 51.0 Å². The third kappa shape index (κ3) is 5.12. The number of allylic oxidation sites excluding steroid dienone is 1. The number of hydrogen-bond donors (Lipinski definition) is 0. The van der Waals surface area contributed by atoms with E-state index in [4.69, 9.17) is 0 Å². The van der Waals surface area contributed by atoms with Gasteiger partial charge in [-0.1, -0.05) is 51.7 Å². The van der Waals surface area contributed by atoms with Gasteiger partial charge in [-0.05, 0) is 61.5 Å². The van der Waals surface area contributed by atoms with Gasteiger partial charge in [0.05, 0.1) is 10.9 Å². The Morgan fingerprint density at radius 3 is 2.23 bits per heavy atom. The van der Waals surface area contributed by atoms with Crippen LogP contribution in [0.2, 0.25) is 0 Å². The lowest BCUT2D eigenvalue weighted by atomic mass is 9.79. The maximum Gasteiger partial charge on any atom is 0.170 e. The van der Waals surface area contributed by atoms with Gasteiger partial charge in [0.15, 0.2) is 17.5 Å². The van der Waals surface area contributed by atoms with Gasteiger partial charge in [0, 0.05) is 5.92 Å². The van der Waals surface area contributed by atoms with Crippen LogP contribution in [0.15, 0.2) is 24.0 Å². The monoisotopic (exact) mass is 438 g/mol. The molecule has 0 unspecified atom stereocenters. The van der Waals surface area contributed by atoms with E-state index in [9.17, 15) is 22.0 Å². The second-order valence-corrected chi connectivity index (χ2v) is 8.81. The Morgan fingerprint density at radius 1 is 0.871 bits per heavy atom. The minimum absolute atomic E-state index is 0.0280. The van der Waals surface area contributed by atoms with Crippen molar-refractivity contribution in [1.82, 2.24) is 0 Å². The molecule has 31 heavy (non-hydrogen) atoms. The van der Waals surface area contributed by atoms with Crippen LogP contribution in [0.1, 0.15) is 82.8 Å². The number of halogens is 5. The summed E-state index contributed by atoms with van der Waals surface area (Å²) < 4.78 is 74.1. The molecule has 0 amide bonds. The Labute approximate surface area is 181 Å². The molecule has 0 saturated heterocycles. The lowest BCUT2D eigenvalue weighted by Crippen LogP contribution is -2.15. The fraction of sp³-hybridized carbons (Fsp3) is 0.538. The van der Waals surface area contributed by atoms with Crippen molar-refractivity contribution < 1.29 is 22.0 Å². The van der Waals surface area contributed by atoms with E-state index in [-0.39, 0.29) is 5.39 Å². The highest BCUT2D eigenvalue weighted by atomic mass is 19.2. The summed E-state index contributed by atoms with van der Waals surface area (Å²) in [5.74, 6) is -6.32. The van der Waals surface area contributed by atoms with Gasteiger partial charge in [0.1, 0.15) is 11.6 Å². The molecule has 2 aromatic carbocycles. The van der Waals surface area contributed by atoms with Crippen molar-refractivity contribution in [1.29, 1.82) is 0 Å². The molecule has 5 heteroatoms. The van der Waals surface area contributed by atoms with Crippen molar-refractivity contribution in [2.24, 2.45) is 11.8 Å². The predicted octanol–water partition coefficient (Wildman–Crippen LogP) is 9.20. The van der Waals surface area contributed by atoms with E-state index in [0.29, 0.717) is 30.7 Å². The van der Waals surface area contributed by atoms with Gasteiger partial charge >= 0.3 is 0 Å².